The van der Waals surface area contributed by atoms with E-state index in [9.17, 15) is 0 Å². The quantitative estimate of drug-likeness (QED) is 0.178. The van der Waals surface area contributed by atoms with Crippen LogP contribution in [0.5, 0.6) is 0 Å². The molecule has 0 rings (SSSR count). The van der Waals surface area contributed by atoms with Crippen LogP contribution < -0.4 is 5.73 Å². The van der Waals surface area contributed by atoms with Crippen molar-refractivity contribution in [2.24, 2.45) is 5.73 Å². The molecule has 6 heteroatoms. The fraction of sp³-hybridized carbons (Fsp3) is 1.00. The average Bonchev–Trinajstić information content (AvgIpc) is 2.48. The Labute approximate surface area is 158 Å². The van der Waals surface area contributed by atoms with E-state index in [1.165, 1.54) is 75.7 Å². The molecule has 0 aromatic rings. The van der Waals surface area contributed by atoms with Crippen molar-refractivity contribution in [1.29, 1.82) is 0 Å². The number of thiol groups is 1. The third kappa shape index (κ3) is 23.9. The second-order valence-corrected chi connectivity index (χ2v) is 20.5. The van der Waals surface area contributed by atoms with Crippen LogP contribution in [-0.4, -0.2) is 18.1 Å². The highest BCUT2D eigenvalue weighted by Crippen LogP contribution is 2.73. The molecule has 0 heterocycles. The zero-order valence-electron chi connectivity index (χ0n) is 14.9. The predicted octanol–water partition coefficient (Wildman–Crippen LogP) is 7.51. The van der Waals surface area contributed by atoms with Gasteiger partial charge in [0.15, 0.2) is 0 Å². The van der Waals surface area contributed by atoms with E-state index in [-0.39, 0.29) is 0 Å². The summed E-state index contributed by atoms with van der Waals surface area (Å²) in [5.41, 5.74) is 5.34. The summed E-state index contributed by atoms with van der Waals surface area (Å²) >= 11 is 13.9. The van der Waals surface area contributed by atoms with E-state index >= 15 is 0 Å². The largest absolute Gasteiger partial charge is 0.330 e. The molecule has 0 atom stereocenters. The minimum absolute atomic E-state index is 0.867. The van der Waals surface area contributed by atoms with Crippen molar-refractivity contribution < 1.29 is 0 Å². The Morgan fingerprint density at radius 1 is 0.773 bits per heavy atom. The van der Waals surface area contributed by atoms with Crippen LogP contribution in [-0.2, 0) is 11.8 Å². The zero-order chi connectivity index (χ0) is 17.1. The van der Waals surface area contributed by atoms with Gasteiger partial charge in [-0.3, -0.25) is 0 Å². The molecular weight excluding hydrogens is 365 g/mol. The summed E-state index contributed by atoms with van der Waals surface area (Å²) in [4.78, 5) is 0. The Kier molecular flexibility index (Phi) is 24.4. The summed E-state index contributed by atoms with van der Waals surface area (Å²) in [5.74, 6) is 2.38. The lowest BCUT2D eigenvalue weighted by Crippen LogP contribution is -1.97. The van der Waals surface area contributed by atoms with E-state index in [0.717, 1.165) is 6.54 Å². The molecule has 22 heavy (non-hydrogen) atoms. The van der Waals surface area contributed by atoms with Crippen molar-refractivity contribution in [2.45, 2.75) is 85.0 Å². The Bertz CT molecular complexity index is 232. The average molecular weight is 404 g/mol. The SMILES string of the molecule is CCCCCCCCN.CCCCSP(=S)(S)SCCCC. The predicted molar refractivity (Wildman–Crippen MR) is 120 cm³/mol. The first-order chi connectivity index (χ1) is 10.5. The molecule has 0 aromatic carbocycles. The molecule has 0 aliphatic rings. The normalized spacial score (nSPS) is 11.1. The summed E-state index contributed by atoms with van der Waals surface area (Å²) < 4.78 is -1.39. The highest BCUT2D eigenvalue weighted by molar-refractivity contribution is 9.20. The molecule has 136 valence electrons. The lowest BCUT2D eigenvalue weighted by molar-refractivity contribution is 0.612. The van der Waals surface area contributed by atoms with Gasteiger partial charge in [0.25, 0.3) is 0 Å². The molecule has 2 N–H and O–H groups in total. The first-order valence-corrected chi connectivity index (χ1v) is 16.0. The van der Waals surface area contributed by atoms with E-state index in [4.69, 9.17) is 17.5 Å². The molecule has 0 fully saturated rings. The second-order valence-electron chi connectivity index (χ2n) is 5.40. The molecule has 0 amide bonds. The van der Waals surface area contributed by atoms with Crippen molar-refractivity contribution in [1.82, 2.24) is 0 Å². The van der Waals surface area contributed by atoms with E-state index < -0.39 is 3.64 Å². The van der Waals surface area contributed by atoms with Gasteiger partial charge >= 0.3 is 0 Å². The Hall–Kier alpha value is 1.66. The number of nitrogens with two attached hydrogens (primary N) is 1. The Morgan fingerprint density at radius 2 is 1.18 bits per heavy atom. The summed E-state index contributed by atoms with van der Waals surface area (Å²) in [6, 6.07) is 0. The fourth-order valence-electron chi connectivity index (χ4n) is 1.61. The summed E-state index contributed by atoms with van der Waals surface area (Å²) in [6.07, 6.45) is 13.1. The molecule has 0 radical (unpaired) electrons. The molecule has 0 saturated carbocycles. The van der Waals surface area contributed by atoms with Crippen molar-refractivity contribution in [3.05, 3.63) is 0 Å². The van der Waals surface area contributed by atoms with Crippen LogP contribution in [0, 0.1) is 0 Å². The summed E-state index contributed by atoms with van der Waals surface area (Å²) in [7, 11) is 0. The molecule has 0 saturated heterocycles. The van der Waals surface area contributed by atoms with Crippen molar-refractivity contribution in [3.8, 4) is 0 Å². The van der Waals surface area contributed by atoms with Gasteiger partial charge < -0.3 is 5.73 Å². The molecule has 0 unspecified atom stereocenters. The topological polar surface area (TPSA) is 26.0 Å². The highest BCUT2D eigenvalue weighted by Gasteiger charge is 2.11. The summed E-state index contributed by atoms with van der Waals surface area (Å²) in [5, 5.41) is 0. The molecule has 1 nitrogen and oxygen atoms in total. The maximum atomic E-state index is 5.47. The van der Waals surface area contributed by atoms with Gasteiger partial charge in [-0.1, -0.05) is 77.5 Å². The molecule has 0 aliphatic heterocycles. The lowest BCUT2D eigenvalue weighted by Gasteiger charge is -2.13. The molecule has 0 aromatic heterocycles. The third-order valence-corrected chi connectivity index (χ3v) is 13.6. The molecule has 0 spiro atoms. The van der Waals surface area contributed by atoms with Crippen LogP contribution in [0.25, 0.3) is 0 Å². The van der Waals surface area contributed by atoms with E-state index in [0.29, 0.717) is 0 Å². The van der Waals surface area contributed by atoms with Gasteiger partial charge in [-0.25, -0.2) is 0 Å². The number of rotatable bonds is 14. The van der Waals surface area contributed by atoms with Crippen molar-refractivity contribution >= 4 is 50.5 Å². The van der Waals surface area contributed by atoms with Crippen molar-refractivity contribution in [2.75, 3.05) is 18.1 Å². The smallest absolute Gasteiger partial charge is 0.106 e. The van der Waals surface area contributed by atoms with E-state index in [1.54, 1.807) is 0 Å². The van der Waals surface area contributed by atoms with E-state index in [1.807, 2.05) is 22.8 Å². The van der Waals surface area contributed by atoms with Crippen LogP contribution in [0.4, 0.5) is 0 Å². The van der Waals surface area contributed by atoms with Crippen LogP contribution in [0.1, 0.15) is 85.0 Å². The zero-order valence-corrected chi connectivity index (χ0v) is 19.1. The van der Waals surface area contributed by atoms with E-state index in [2.05, 4.69) is 33.0 Å². The Morgan fingerprint density at radius 3 is 1.59 bits per heavy atom. The van der Waals surface area contributed by atoms with Gasteiger partial charge in [-0.05, 0) is 37.3 Å². The van der Waals surface area contributed by atoms with Gasteiger partial charge in [0, 0.05) is 0 Å². The van der Waals surface area contributed by atoms with Gasteiger partial charge in [0.05, 0.1) is 0 Å². The Balaban J connectivity index is 0. The molecule has 0 bridgehead atoms. The van der Waals surface area contributed by atoms with Gasteiger partial charge in [-0.2, -0.15) is 0 Å². The lowest BCUT2D eigenvalue weighted by atomic mass is 10.1. The van der Waals surface area contributed by atoms with Gasteiger partial charge in [0.2, 0.25) is 0 Å². The molecule has 0 aliphatic carbocycles. The maximum absolute atomic E-state index is 5.47. The minimum atomic E-state index is -1.39. The van der Waals surface area contributed by atoms with Crippen LogP contribution >= 0.6 is 38.7 Å². The third-order valence-electron chi connectivity index (χ3n) is 3.06. The number of hydrogen-bond acceptors (Lipinski definition) is 4. The molecular formula is C16H38NPS4. The second kappa shape index (κ2) is 20.7. The van der Waals surface area contributed by atoms with Gasteiger partial charge in [-0.15, -0.1) is 35.0 Å². The monoisotopic (exact) mass is 403 g/mol. The van der Waals surface area contributed by atoms with Gasteiger partial charge in [0.1, 0.15) is 3.64 Å². The van der Waals surface area contributed by atoms with Crippen molar-refractivity contribution in [3.63, 3.8) is 0 Å². The minimum Gasteiger partial charge on any atom is -0.330 e. The number of unbranched alkanes of at least 4 members (excludes halogenated alkanes) is 7. The van der Waals surface area contributed by atoms with Crippen LogP contribution in [0.3, 0.4) is 0 Å². The standard InChI is InChI=1S/C8H19N.C8H19PS4/c1-2-3-4-5-6-7-8-9;1-3-5-7-12-9(10,11)13-8-6-4-2/h2-9H2,1H3;3-8H2,1-2H3,(H,10,11). The first kappa shape index (κ1) is 25.9. The fourth-order valence-corrected chi connectivity index (χ4v) is 10.2. The maximum Gasteiger partial charge on any atom is 0.106 e. The number of hydrogen-bond donors (Lipinski definition) is 2. The van der Waals surface area contributed by atoms with Crippen LogP contribution in [0.2, 0.25) is 0 Å². The highest BCUT2D eigenvalue weighted by atomic mass is 33.5. The first-order valence-electron chi connectivity index (χ1n) is 8.85. The van der Waals surface area contributed by atoms with Crippen LogP contribution in [0.15, 0.2) is 0 Å². The summed E-state index contributed by atoms with van der Waals surface area (Å²) in [6.45, 7) is 7.54.